The third-order valence-electron chi connectivity index (χ3n) is 4.80. The molecule has 0 amide bonds. The van der Waals surface area contributed by atoms with Crippen molar-refractivity contribution in [3.05, 3.63) is 0 Å². The SMILES string of the molecule is CCOC(C)CN(CCNCCN(CC(C)OCO)CC(C)OCO)CC(C)OCO. The first kappa shape index (κ1) is 30.6. The molecule has 31 heavy (non-hydrogen) atoms. The minimum atomic E-state index is -0.301. The van der Waals surface area contributed by atoms with Gasteiger partial charge in [-0.2, -0.15) is 0 Å². The van der Waals surface area contributed by atoms with Gasteiger partial charge in [-0.15, -0.1) is 0 Å². The zero-order valence-corrected chi connectivity index (χ0v) is 20.2. The molecule has 0 rings (SSSR count). The lowest BCUT2D eigenvalue weighted by Gasteiger charge is -2.29. The Kier molecular flexibility index (Phi) is 20.0. The summed E-state index contributed by atoms with van der Waals surface area (Å²) in [7, 11) is 0. The lowest BCUT2D eigenvalue weighted by atomic mass is 10.3. The van der Waals surface area contributed by atoms with Crippen molar-refractivity contribution in [1.82, 2.24) is 15.1 Å². The van der Waals surface area contributed by atoms with Gasteiger partial charge in [0.15, 0.2) is 0 Å². The molecule has 0 bridgehead atoms. The summed E-state index contributed by atoms with van der Waals surface area (Å²) in [5, 5.41) is 30.4. The molecule has 188 valence electrons. The summed E-state index contributed by atoms with van der Waals surface area (Å²) in [5.41, 5.74) is 0. The molecule has 10 nitrogen and oxygen atoms in total. The smallest absolute Gasteiger partial charge is 0.143 e. The number of hydrogen-bond donors (Lipinski definition) is 4. The van der Waals surface area contributed by atoms with Gasteiger partial charge in [0.2, 0.25) is 0 Å². The normalized spacial score (nSPS) is 16.1. The highest BCUT2D eigenvalue weighted by Gasteiger charge is 2.16. The van der Waals surface area contributed by atoms with Gasteiger partial charge in [0.25, 0.3) is 0 Å². The Morgan fingerprint density at radius 3 is 1.23 bits per heavy atom. The summed E-state index contributed by atoms with van der Waals surface area (Å²) in [4.78, 5) is 4.47. The maximum Gasteiger partial charge on any atom is 0.143 e. The summed E-state index contributed by atoms with van der Waals surface area (Å²) >= 11 is 0. The monoisotopic (exact) mass is 453 g/mol. The van der Waals surface area contributed by atoms with Gasteiger partial charge in [-0.25, -0.2) is 0 Å². The number of nitrogens with zero attached hydrogens (tertiary/aromatic N) is 2. The largest absolute Gasteiger partial charge is 0.377 e. The van der Waals surface area contributed by atoms with Crippen LogP contribution in [0.1, 0.15) is 34.6 Å². The Morgan fingerprint density at radius 2 is 0.935 bits per heavy atom. The van der Waals surface area contributed by atoms with E-state index in [1.165, 1.54) is 0 Å². The van der Waals surface area contributed by atoms with E-state index in [-0.39, 0.29) is 44.8 Å². The molecule has 4 atom stereocenters. The van der Waals surface area contributed by atoms with Gasteiger partial charge in [-0.3, -0.25) is 9.80 Å². The number of ether oxygens (including phenoxy) is 4. The lowest BCUT2D eigenvalue weighted by molar-refractivity contribution is -0.0716. The zero-order chi connectivity index (χ0) is 23.5. The Balaban J connectivity index is 4.47. The van der Waals surface area contributed by atoms with E-state index in [0.717, 1.165) is 39.3 Å². The highest BCUT2D eigenvalue weighted by molar-refractivity contribution is 4.70. The minimum absolute atomic E-state index is 0.0599. The Hall–Kier alpha value is -0.400. The molecule has 10 heteroatoms. The van der Waals surface area contributed by atoms with Crippen LogP contribution < -0.4 is 5.32 Å². The van der Waals surface area contributed by atoms with E-state index in [1.54, 1.807) is 0 Å². The van der Waals surface area contributed by atoms with Gasteiger partial charge in [-0.1, -0.05) is 0 Å². The number of rotatable bonds is 22. The van der Waals surface area contributed by atoms with Crippen LogP contribution in [0, 0.1) is 0 Å². The van der Waals surface area contributed by atoms with Crippen LogP contribution in [-0.4, -0.2) is 129 Å². The maximum absolute atomic E-state index is 8.98. The zero-order valence-electron chi connectivity index (χ0n) is 20.2. The van der Waals surface area contributed by atoms with E-state index in [2.05, 4.69) is 22.0 Å². The van der Waals surface area contributed by atoms with E-state index in [9.17, 15) is 0 Å². The van der Waals surface area contributed by atoms with Crippen LogP contribution in [0.3, 0.4) is 0 Å². The Bertz CT molecular complexity index is 334. The molecule has 0 aromatic rings. The van der Waals surface area contributed by atoms with Crippen LogP contribution in [0.5, 0.6) is 0 Å². The average Bonchev–Trinajstić information content (AvgIpc) is 2.68. The first-order valence-electron chi connectivity index (χ1n) is 11.3. The van der Waals surface area contributed by atoms with Crippen LogP contribution >= 0.6 is 0 Å². The summed E-state index contributed by atoms with van der Waals surface area (Å²) in [5.74, 6) is 0. The highest BCUT2D eigenvalue weighted by atomic mass is 16.6. The third-order valence-corrected chi connectivity index (χ3v) is 4.80. The van der Waals surface area contributed by atoms with E-state index in [0.29, 0.717) is 19.7 Å². The first-order valence-corrected chi connectivity index (χ1v) is 11.3. The fraction of sp³-hybridized carbons (Fsp3) is 1.00. The Labute approximate surface area is 188 Å². The summed E-state index contributed by atoms with van der Waals surface area (Å²) in [6.45, 7) is 15.7. The molecule has 4 unspecified atom stereocenters. The third kappa shape index (κ3) is 17.8. The highest BCUT2D eigenvalue weighted by Crippen LogP contribution is 2.02. The van der Waals surface area contributed by atoms with Crippen molar-refractivity contribution in [3.63, 3.8) is 0 Å². The molecule has 4 N–H and O–H groups in total. The van der Waals surface area contributed by atoms with Crippen molar-refractivity contribution >= 4 is 0 Å². The fourth-order valence-electron chi connectivity index (χ4n) is 3.45. The molecular weight excluding hydrogens is 406 g/mol. The molecule has 0 aromatic carbocycles. The predicted octanol–water partition coefficient (Wildman–Crippen LogP) is -0.330. The second-order valence-electron chi connectivity index (χ2n) is 7.85. The van der Waals surface area contributed by atoms with Crippen LogP contribution in [-0.2, 0) is 18.9 Å². The van der Waals surface area contributed by atoms with Crippen molar-refractivity contribution in [2.24, 2.45) is 0 Å². The quantitative estimate of drug-likeness (QED) is 0.128. The molecule has 0 saturated heterocycles. The Morgan fingerprint density at radius 1 is 0.613 bits per heavy atom. The van der Waals surface area contributed by atoms with E-state index in [1.807, 2.05) is 27.7 Å². The second kappa shape index (κ2) is 20.2. The van der Waals surface area contributed by atoms with E-state index < -0.39 is 0 Å². The minimum Gasteiger partial charge on any atom is -0.377 e. The molecule has 0 aliphatic carbocycles. The number of aliphatic hydroxyl groups excluding tert-OH is 3. The second-order valence-corrected chi connectivity index (χ2v) is 7.85. The van der Waals surface area contributed by atoms with Crippen molar-refractivity contribution < 1.29 is 34.3 Å². The molecule has 0 radical (unpaired) electrons. The van der Waals surface area contributed by atoms with Gasteiger partial charge in [0.05, 0.1) is 24.4 Å². The van der Waals surface area contributed by atoms with Crippen molar-refractivity contribution in [2.45, 2.75) is 59.0 Å². The maximum atomic E-state index is 8.98. The van der Waals surface area contributed by atoms with Crippen molar-refractivity contribution in [3.8, 4) is 0 Å². The summed E-state index contributed by atoms with van der Waals surface area (Å²) < 4.78 is 21.4. The molecule has 0 saturated carbocycles. The van der Waals surface area contributed by atoms with Gasteiger partial charge in [0.1, 0.15) is 20.4 Å². The van der Waals surface area contributed by atoms with Crippen LogP contribution in [0.2, 0.25) is 0 Å². The molecular formula is C21H47N3O7. The van der Waals surface area contributed by atoms with Crippen molar-refractivity contribution in [2.75, 3.05) is 79.3 Å². The number of hydrogen-bond acceptors (Lipinski definition) is 10. The molecule has 0 aliphatic heterocycles. The standard InChI is InChI=1S/C21H47N3O7/c1-6-28-18(2)11-23(12-19(3)29-15-25)9-7-22-8-10-24(13-20(4)30-16-26)14-21(5)31-17-27/h18-22,25-27H,6-17H2,1-5H3. The molecule has 0 aromatic heterocycles. The summed E-state index contributed by atoms with van der Waals surface area (Å²) in [6, 6.07) is 0. The van der Waals surface area contributed by atoms with Crippen LogP contribution in [0.4, 0.5) is 0 Å². The predicted molar refractivity (Wildman–Crippen MR) is 120 cm³/mol. The number of nitrogens with one attached hydrogen (secondary N) is 1. The molecule has 0 spiro atoms. The fourth-order valence-corrected chi connectivity index (χ4v) is 3.45. The van der Waals surface area contributed by atoms with Crippen LogP contribution in [0.25, 0.3) is 0 Å². The van der Waals surface area contributed by atoms with E-state index in [4.69, 9.17) is 34.3 Å². The van der Waals surface area contributed by atoms with Gasteiger partial charge >= 0.3 is 0 Å². The summed E-state index contributed by atoms with van der Waals surface area (Å²) in [6.07, 6.45) is -0.136. The molecule has 0 heterocycles. The van der Waals surface area contributed by atoms with Gasteiger partial charge < -0.3 is 39.6 Å². The number of aliphatic hydroxyl groups is 3. The van der Waals surface area contributed by atoms with Crippen molar-refractivity contribution in [1.29, 1.82) is 0 Å². The van der Waals surface area contributed by atoms with Gasteiger partial charge in [-0.05, 0) is 34.6 Å². The first-order chi connectivity index (χ1) is 14.9. The molecule has 0 fully saturated rings. The van der Waals surface area contributed by atoms with E-state index >= 15 is 0 Å². The average molecular weight is 454 g/mol. The topological polar surface area (TPSA) is 116 Å². The molecule has 0 aliphatic rings. The van der Waals surface area contributed by atoms with Crippen LogP contribution in [0.15, 0.2) is 0 Å². The van der Waals surface area contributed by atoms with Gasteiger partial charge in [0, 0.05) is 59.0 Å². The lowest BCUT2D eigenvalue weighted by Crippen LogP contribution is -2.44.